The molecule has 1 heterocycles. The maximum absolute atomic E-state index is 3.85. The lowest BCUT2D eigenvalue weighted by Crippen LogP contribution is -2.48. The summed E-state index contributed by atoms with van der Waals surface area (Å²) in [7, 11) is 0. The third kappa shape index (κ3) is 5.25. The van der Waals surface area contributed by atoms with Gasteiger partial charge >= 0.3 is 0 Å². The van der Waals surface area contributed by atoms with E-state index in [-0.39, 0.29) is 0 Å². The van der Waals surface area contributed by atoms with E-state index in [2.05, 4.69) is 37.9 Å². The summed E-state index contributed by atoms with van der Waals surface area (Å²) in [5, 5.41) is 3.85. The molecule has 0 radical (unpaired) electrons. The maximum Gasteiger partial charge on any atom is 0.0108 e. The van der Waals surface area contributed by atoms with Crippen LogP contribution in [0.5, 0.6) is 0 Å². The van der Waals surface area contributed by atoms with Crippen LogP contribution in [-0.2, 0) is 0 Å². The Morgan fingerprint density at radius 1 is 1.10 bits per heavy atom. The Kier molecular flexibility index (Phi) is 6.55. The summed E-state index contributed by atoms with van der Waals surface area (Å²) in [6, 6.07) is 0.780. The third-order valence-electron chi connectivity index (χ3n) is 6.03. The second-order valence-corrected chi connectivity index (χ2v) is 8.37. The molecular formula is C19H38N2. The van der Waals surface area contributed by atoms with E-state index in [1.807, 2.05) is 0 Å². The lowest BCUT2D eigenvalue weighted by molar-refractivity contribution is 0.0863. The van der Waals surface area contributed by atoms with Crippen molar-refractivity contribution in [2.24, 2.45) is 17.3 Å². The predicted molar refractivity (Wildman–Crippen MR) is 92.7 cm³/mol. The Labute approximate surface area is 133 Å². The van der Waals surface area contributed by atoms with Gasteiger partial charge in [0.2, 0.25) is 0 Å². The Morgan fingerprint density at radius 2 is 1.81 bits per heavy atom. The van der Waals surface area contributed by atoms with Gasteiger partial charge in [-0.25, -0.2) is 0 Å². The van der Waals surface area contributed by atoms with Crippen LogP contribution in [0.15, 0.2) is 0 Å². The van der Waals surface area contributed by atoms with Gasteiger partial charge in [-0.1, -0.05) is 34.1 Å². The zero-order valence-corrected chi connectivity index (χ0v) is 15.0. The molecule has 0 aromatic rings. The first-order valence-corrected chi connectivity index (χ1v) is 9.50. The van der Waals surface area contributed by atoms with Crippen LogP contribution in [0.25, 0.3) is 0 Å². The highest BCUT2D eigenvalue weighted by Crippen LogP contribution is 2.34. The first kappa shape index (κ1) is 17.3. The average molecular weight is 295 g/mol. The van der Waals surface area contributed by atoms with Gasteiger partial charge < -0.3 is 10.2 Å². The maximum atomic E-state index is 3.85. The van der Waals surface area contributed by atoms with Gasteiger partial charge in [0.15, 0.2) is 0 Å². The van der Waals surface area contributed by atoms with Crippen molar-refractivity contribution in [3.8, 4) is 0 Å². The number of nitrogens with zero attached hydrogens (tertiary/aromatic N) is 1. The molecule has 1 saturated heterocycles. The first-order valence-electron chi connectivity index (χ1n) is 9.50. The summed E-state index contributed by atoms with van der Waals surface area (Å²) in [6.07, 6.45) is 9.71. The fraction of sp³-hybridized carbons (Fsp3) is 1.00. The molecule has 2 nitrogen and oxygen atoms in total. The highest BCUT2D eigenvalue weighted by Gasteiger charge is 2.32. The van der Waals surface area contributed by atoms with Crippen LogP contribution in [0.4, 0.5) is 0 Å². The summed E-state index contributed by atoms with van der Waals surface area (Å²) in [4.78, 5) is 2.76. The van der Waals surface area contributed by atoms with Gasteiger partial charge in [-0.05, 0) is 75.4 Å². The van der Waals surface area contributed by atoms with E-state index in [9.17, 15) is 0 Å². The van der Waals surface area contributed by atoms with E-state index < -0.39 is 0 Å². The zero-order chi connectivity index (χ0) is 15.3. The van der Waals surface area contributed by atoms with Crippen LogP contribution in [0.2, 0.25) is 0 Å². The molecule has 1 aliphatic heterocycles. The number of likely N-dealkylation sites (tertiary alicyclic amines) is 1. The monoisotopic (exact) mass is 294 g/mol. The zero-order valence-electron chi connectivity index (χ0n) is 15.0. The SMILES string of the molecule is CCCNC1CCC(CC)CC1CN1CCC(C)(C)CC1. The topological polar surface area (TPSA) is 15.3 Å². The minimum atomic E-state index is 0.578. The standard InChI is InChI=1S/C19H38N2/c1-5-11-20-18-8-7-16(6-2)14-17(18)15-21-12-9-19(3,4)10-13-21/h16-18,20H,5-15H2,1-4H3. The van der Waals surface area contributed by atoms with Crippen LogP contribution in [-0.4, -0.2) is 37.1 Å². The van der Waals surface area contributed by atoms with Crippen molar-refractivity contribution in [1.29, 1.82) is 0 Å². The summed E-state index contributed by atoms with van der Waals surface area (Å²) in [5.41, 5.74) is 0.578. The number of nitrogens with one attached hydrogen (secondary N) is 1. The second-order valence-electron chi connectivity index (χ2n) is 8.37. The summed E-state index contributed by atoms with van der Waals surface area (Å²) < 4.78 is 0. The largest absolute Gasteiger partial charge is 0.314 e. The third-order valence-corrected chi connectivity index (χ3v) is 6.03. The molecule has 0 aromatic heterocycles. The Balaban J connectivity index is 1.86. The van der Waals surface area contributed by atoms with Crippen molar-refractivity contribution in [2.45, 2.75) is 78.7 Å². The summed E-state index contributed by atoms with van der Waals surface area (Å²) in [6.45, 7) is 14.7. The molecule has 0 bridgehead atoms. The smallest absolute Gasteiger partial charge is 0.0108 e. The van der Waals surface area contributed by atoms with Crippen molar-refractivity contribution >= 4 is 0 Å². The Hall–Kier alpha value is -0.0800. The molecule has 0 spiro atoms. The van der Waals surface area contributed by atoms with Crippen molar-refractivity contribution in [3.63, 3.8) is 0 Å². The number of hydrogen-bond acceptors (Lipinski definition) is 2. The van der Waals surface area contributed by atoms with Gasteiger partial charge in [-0.15, -0.1) is 0 Å². The first-order chi connectivity index (χ1) is 10.0. The minimum absolute atomic E-state index is 0.578. The van der Waals surface area contributed by atoms with E-state index in [0.29, 0.717) is 5.41 Å². The van der Waals surface area contributed by atoms with Crippen molar-refractivity contribution in [1.82, 2.24) is 10.2 Å². The van der Waals surface area contributed by atoms with Gasteiger partial charge in [0.05, 0.1) is 0 Å². The number of rotatable bonds is 6. The highest BCUT2D eigenvalue weighted by atomic mass is 15.1. The normalized spacial score (nSPS) is 34.0. The molecule has 0 aromatic carbocycles. The molecule has 3 unspecified atom stereocenters. The lowest BCUT2D eigenvalue weighted by Gasteiger charge is -2.42. The second kappa shape index (κ2) is 7.97. The molecule has 124 valence electrons. The van der Waals surface area contributed by atoms with Gasteiger partial charge in [0.25, 0.3) is 0 Å². The molecule has 1 aliphatic carbocycles. The van der Waals surface area contributed by atoms with Crippen molar-refractivity contribution in [3.05, 3.63) is 0 Å². The van der Waals surface area contributed by atoms with E-state index in [4.69, 9.17) is 0 Å². The van der Waals surface area contributed by atoms with Crippen molar-refractivity contribution in [2.75, 3.05) is 26.2 Å². The molecule has 21 heavy (non-hydrogen) atoms. The molecule has 2 fully saturated rings. The van der Waals surface area contributed by atoms with Gasteiger partial charge in [0.1, 0.15) is 0 Å². The minimum Gasteiger partial charge on any atom is -0.314 e. The van der Waals surface area contributed by atoms with E-state index in [1.165, 1.54) is 71.1 Å². The van der Waals surface area contributed by atoms with Crippen LogP contribution < -0.4 is 5.32 Å². The quantitative estimate of drug-likeness (QED) is 0.785. The van der Waals surface area contributed by atoms with Gasteiger partial charge in [-0.2, -0.15) is 0 Å². The lowest BCUT2D eigenvalue weighted by atomic mass is 9.76. The fourth-order valence-electron chi connectivity index (χ4n) is 4.20. The van der Waals surface area contributed by atoms with Crippen LogP contribution in [0, 0.1) is 17.3 Å². The van der Waals surface area contributed by atoms with Crippen LogP contribution in [0.1, 0.15) is 72.6 Å². The molecule has 2 aliphatic rings. The molecule has 0 amide bonds. The van der Waals surface area contributed by atoms with E-state index >= 15 is 0 Å². The molecule has 2 heteroatoms. The summed E-state index contributed by atoms with van der Waals surface area (Å²) >= 11 is 0. The molecule has 1 N–H and O–H groups in total. The average Bonchev–Trinajstić information content (AvgIpc) is 2.48. The number of piperidine rings is 1. The van der Waals surface area contributed by atoms with Crippen LogP contribution >= 0.6 is 0 Å². The predicted octanol–water partition coefficient (Wildman–Crippen LogP) is 4.30. The summed E-state index contributed by atoms with van der Waals surface area (Å²) in [5.74, 6) is 1.87. The Bertz CT molecular complexity index is 290. The van der Waals surface area contributed by atoms with Gasteiger partial charge in [-0.3, -0.25) is 0 Å². The Morgan fingerprint density at radius 3 is 2.43 bits per heavy atom. The number of hydrogen-bond donors (Lipinski definition) is 1. The fourth-order valence-corrected chi connectivity index (χ4v) is 4.20. The molecule has 1 saturated carbocycles. The van der Waals surface area contributed by atoms with Crippen molar-refractivity contribution < 1.29 is 0 Å². The van der Waals surface area contributed by atoms with E-state index in [0.717, 1.165) is 17.9 Å². The molecule has 3 atom stereocenters. The van der Waals surface area contributed by atoms with Gasteiger partial charge in [0, 0.05) is 12.6 Å². The van der Waals surface area contributed by atoms with E-state index in [1.54, 1.807) is 0 Å². The van der Waals surface area contributed by atoms with Crippen LogP contribution in [0.3, 0.4) is 0 Å². The molecule has 2 rings (SSSR count). The highest BCUT2D eigenvalue weighted by molar-refractivity contribution is 4.88. The molecular weight excluding hydrogens is 256 g/mol.